The average molecular weight is 589 g/mol. The van der Waals surface area contributed by atoms with Crippen LogP contribution in [-0.2, 0) is 5.41 Å². The van der Waals surface area contributed by atoms with E-state index in [4.69, 9.17) is 0 Å². The van der Waals surface area contributed by atoms with E-state index in [2.05, 4.69) is 193 Å². The molecule has 0 unspecified atom stereocenters. The molecule has 1 aliphatic carbocycles. The molecule has 0 saturated carbocycles. The Hall–Kier alpha value is -6.04. The fourth-order valence-corrected chi connectivity index (χ4v) is 7.10. The van der Waals surface area contributed by atoms with Gasteiger partial charge in [0.1, 0.15) is 0 Å². The fraction of sp³-hybridized carbons (Fsp3) is 0.0455. The van der Waals surface area contributed by atoms with Crippen LogP contribution in [-0.4, -0.2) is 7.05 Å². The highest BCUT2D eigenvalue weighted by Gasteiger charge is 2.46. The van der Waals surface area contributed by atoms with Crippen LogP contribution in [0.2, 0.25) is 0 Å². The average Bonchev–Trinajstić information content (AvgIpc) is 3.44. The second-order valence-corrected chi connectivity index (χ2v) is 11.7. The first kappa shape index (κ1) is 27.5. The maximum absolute atomic E-state index is 3.21. The van der Waals surface area contributed by atoms with Gasteiger partial charge in [0.25, 0.3) is 0 Å². The lowest BCUT2D eigenvalue weighted by atomic mass is 9.67. The number of anilines is 5. The van der Waals surface area contributed by atoms with Crippen molar-refractivity contribution in [2.45, 2.75) is 5.41 Å². The molecule has 0 amide bonds. The number of benzene rings is 6. The van der Waals surface area contributed by atoms with Crippen LogP contribution in [0, 0.1) is 12.1 Å². The van der Waals surface area contributed by atoms with Gasteiger partial charge in [0.2, 0.25) is 0 Å². The van der Waals surface area contributed by atoms with E-state index in [9.17, 15) is 0 Å². The molecule has 0 spiro atoms. The number of rotatable bonds is 7. The van der Waals surface area contributed by atoms with Crippen molar-refractivity contribution in [2.24, 2.45) is 0 Å². The zero-order valence-corrected chi connectivity index (χ0v) is 25.6. The predicted octanol–water partition coefficient (Wildman–Crippen LogP) is 10.9. The number of para-hydroxylation sites is 1. The summed E-state index contributed by atoms with van der Waals surface area (Å²) in [5.41, 5.74) is 12.6. The first-order chi connectivity index (χ1) is 22.7. The van der Waals surface area contributed by atoms with Crippen LogP contribution in [0.15, 0.2) is 176 Å². The standard InChI is InChI=1S/C44H32N2/c1-45(35-20-10-4-11-21-35)36-26-28-38(29-27-36)46(37-22-12-5-13-23-37)39-30-31-41-40-24-14-15-25-42(40)44(43(41)32-39,33-16-6-2-7-17-33)34-18-8-3-9-19-34/h2-10,12-20,22-32H,1H3. The van der Waals surface area contributed by atoms with Crippen molar-refractivity contribution in [3.8, 4) is 11.1 Å². The predicted molar refractivity (Wildman–Crippen MR) is 191 cm³/mol. The molecule has 0 radical (unpaired) electrons. The lowest BCUT2D eigenvalue weighted by Crippen LogP contribution is -2.28. The molecule has 7 aromatic carbocycles. The maximum atomic E-state index is 3.21. The highest BCUT2D eigenvalue weighted by molar-refractivity contribution is 5.89. The van der Waals surface area contributed by atoms with E-state index in [0.29, 0.717) is 0 Å². The molecule has 0 fully saturated rings. The summed E-state index contributed by atoms with van der Waals surface area (Å²) >= 11 is 0. The van der Waals surface area contributed by atoms with Crippen LogP contribution in [0.4, 0.5) is 28.4 Å². The molecule has 8 rings (SSSR count). The maximum Gasteiger partial charge on any atom is 0.0924 e. The van der Waals surface area contributed by atoms with Gasteiger partial charge in [-0.15, -0.1) is 0 Å². The van der Waals surface area contributed by atoms with Gasteiger partial charge in [-0.05, 0) is 100 Å². The summed E-state index contributed by atoms with van der Waals surface area (Å²) in [4.78, 5) is 4.49. The number of hydrogen-bond acceptors (Lipinski definition) is 2. The Bertz CT molecular complexity index is 2050. The minimum atomic E-state index is -0.456. The normalized spacial score (nSPS) is 12.5. The molecule has 0 aliphatic heterocycles. The SMILES string of the molecule is CN(c1c#cccc1)c1ccc(N(c2ccccc2)c2ccc3c(c2)C(c2ccccc2)(c2ccccc2)c2ccccc2-3)cc1. The molecular formula is C44H32N2. The molecule has 7 aromatic rings. The zero-order chi connectivity index (χ0) is 30.9. The molecule has 2 heteroatoms. The smallest absolute Gasteiger partial charge is 0.0924 e. The topological polar surface area (TPSA) is 6.48 Å². The molecule has 218 valence electrons. The Kier molecular flexibility index (Phi) is 6.86. The molecular weight excluding hydrogens is 556 g/mol. The fourth-order valence-electron chi connectivity index (χ4n) is 7.10. The summed E-state index contributed by atoms with van der Waals surface area (Å²) < 4.78 is 0. The molecule has 0 bridgehead atoms. The Balaban J connectivity index is 1.32. The van der Waals surface area contributed by atoms with Gasteiger partial charge < -0.3 is 9.80 Å². The highest BCUT2D eigenvalue weighted by atomic mass is 15.1. The third-order valence-corrected chi connectivity index (χ3v) is 9.21. The summed E-state index contributed by atoms with van der Waals surface area (Å²) in [6, 6.07) is 69.4. The number of nitrogens with zero attached hydrogens (tertiary/aromatic N) is 2. The van der Waals surface area contributed by atoms with Gasteiger partial charge in [-0.2, -0.15) is 0 Å². The van der Waals surface area contributed by atoms with Crippen LogP contribution in [0.3, 0.4) is 0 Å². The molecule has 2 nitrogen and oxygen atoms in total. The summed E-state index contributed by atoms with van der Waals surface area (Å²) in [6.07, 6.45) is 0. The minimum Gasteiger partial charge on any atom is -0.338 e. The Morgan fingerprint density at radius 3 is 1.65 bits per heavy atom. The third-order valence-electron chi connectivity index (χ3n) is 9.21. The summed E-state index contributed by atoms with van der Waals surface area (Å²) in [5.74, 6) is 0. The zero-order valence-electron chi connectivity index (χ0n) is 25.6. The Morgan fingerprint density at radius 2 is 1.00 bits per heavy atom. The van der Waals surface area contributed by atoms with E-state index in [1.54, 1.807) is 0 Å². The molecule has 0 N–H and O–H groups in total. The van der Waals surface area contributed by atoms with Crippen LogP contribution in [0.1, 0.15) is 22.3 Å². The second-order valence-electron chi connectivity index (χ2n) is 11.7. The van der Waals surface area contributed by atoms with Crippen LogP contribution in [0.5, 0.6) is 0 Å². The molecule has 1 aliphatic rings. The third kappa shape index (κ3) is 4.45. The first-order valence-electron chi connectivity index (χ1n) is 15.7. The van der Waals surface area contributed by atoms with Crippen molar-refractivity contribution in [2.75, 3.05) is 16.8 Å². The first-order valence-corrected chi connectivity index (χ1v) is 15.7. The minimum absolute atomic E-state index is 0.456. The monoisotopic (exact) mass is 588 g/mol. The molecule has 0 atom stereocenters. The lowest BCUT2D eigenvalue weighted by Gasteiger charge is -2.35. The van der Waals surface area contributed by atoms with Crippen molar-refractivity contribution in [3.63, 3.8) is 0 Å². The van der Waals surface area contributed by atoms with Crippen molar-refractivity contribution < 1.29 is 0 Å². The Labute approximate surface area is 271 Å². The van der Waals surface area contributed by atoms with E-state index in [1.165, 1.54) is 33.4 Å². The van der Waals surface area contributed by atoms with Gasteiger partial charge >= 0.3 is 0 Å². The molecule has 0 aromatic heterocycles. The largest absolute Gasteiger partial charge is 0.338 e. The molecule has 0 saturated heterocycles. The van der Waals surface area contributed by atoms with Crippen LogP contribution < -0.4 is 9.80 Å². The van der Waals surface area contributed by atoms with Crippen molar-refractivity contribution >= 4 is 28.4 Å². The quantitative estimate of drug-likeness (QED) is 0.183. The van der Waals surface area contributed by atoms with Crippen molar-refractivity contribution in [3.05, 3.63) is 210 Å². The van der Waals surface area contributed by atoms with Gasteiger partial charge in [0, 0.05) is 29.8 Å². The molecule has 0 heterocycles. The van der Waals surface area contributed by atoms with E-state index in [1.807, 2.05) is 12.1 Å². The van der Waals surface area contributed by atoms with Gasteiger partial charge in [0.15, 0.2) is 0 Å². The summed E-state index contributed by atoms with van der Waals surface area (Å²) in [5, 5.41) is 0. The Morgan fingerprint density at radius 1 is 0.457 bits per heavy atom. The van der Waals surface area contributed by atoms with Crippen molar-refractivity contribution in [1.82, 2.24) is 0 Å². The van der Waals surface area contributed by atoms with Crippen molar-refractivity contribution in [1.29, 1.82) is 0 Å². The molecule has 46 heavy (non-hydrogen) atoms. The lowest BCUT2D eigenvalue weighted by molar-refractivity contribution is 0.768. The van der Waals surface area contributed by atoms with E-state index in [0.717, 1.165) is 28.4 Å². The van der Waals surface area contributed by atoms with Gasteiger partial charge in [-0.3, -0.25) is 0 Å². The van der Waals surface area contributed by atoms with E-state index in [-0.39, 0.29) is 0 Å². The highest BCUT2D eigenvalue weighted by Crippen LogP contribution is 2.57. The van der Waals surface area contributed by atoms with Crippen LogP contribution in [0.25, 0.3) is 11.1 Å². The number of hydrogen-bond donors (Lipinski definition) is 0. The second kappa shape index (κ2) is 11.5. The number of fused-ring (bicyclic) bond motifs is 3. The van der Waals surface area contributed by atoms with Gasteiger partial charge in [-0.25, -0.2) is 0 Å². The van der Waals surface area contributed by atoms with Crippen LogP contribution >= 0.6 is 0 Å². The summed E-state index contributed by atoms with van der Waals surface area (Å²) in [6.45, 7) is 0. The van der Waals surface area contributed by atoms with Gasteiger partial charge in [0.05, 0.1) is 11.1 Å². The summed E-state index contributed by atoms with van der Waals surface area (Å²) in [7, 11) is 2.06. The van der Waals surface area contributed by atoms with E-state index >= 15 is 0 Å². The van der Waals surface area contributed by atoms with Gasteiger partial charge in [-0.1, -0.05) is 121 Å². The van der Waals surface area contributed by atoms with E-state index < -0.39 is 5.41 Å².